The highest BCUT2D eigenvalue weighted by Gasteiger charge is 2.31. The van der Waals surface area contributed by atoms with Gasteiger partial charge in [-0.3, -0.25) is 4.79 Å². The van der Waals surface area contributed by atoms with Gasteiger partial charge in [-0.1, -0.05) is 44.4 Å². The highest BCUT2D eigenvalue weighted by Crippen LogP contribution is 2.35. The first-order valence-corrected chi connectivity index (χ1v) is 8.07. The molecule has 1 atom stereocenters. The van der Waals surface area contributed by atoms with Crippen LogP contribution in [0, 0.1) is 12.3 Å². The van der Waals surface area contributed by atoms with Crippen LogP contribution in [0.15, 0.2) is 24.3 Å². The van der Waals surface area contributed by atoms with Crippen LogP contribution >= 0.6 is 0 Å². The van der Waals surface area contributed by atoms with E-state index in [1.807, 2.05) is 31.2 Å². The monoisotopic (exact) mass is 288 g/mol. The fraction of sp³-hybridized carbons (Fsp3) is 0.611. The molecule has 21 heavy (non-hydrogen) atoms. The van der Waals surface area contributed by atoms with Crippen LogP contribution in [0.4, 0.5) is 0 Å². The van der Waals surface area contributed by atoms with Crippen LogP contribution in [0.2, 0.25) is 0 Å². The highest BCUT2D eigenvalue weighted by molar-refractivity contribution is 5.94. The molecule has 0 heterocycles. The van der Waals surface area contributed by atoms with E-state index in [1.54, 1.807) is 0 Å². The van der Waals surface area contributed by atoms with Gasteiger partial charge < -0.3 is 10.6 Å². The van der Waals surface area contributed by atoms with E-state index in [2.05, 4.69) is 24.5 Å². The van der Waals surface area contributed by atoms with Crippen molar-refractivity contribution >= 4 is 5.91 Å². The number of nitrogens with one attached hydrogen (secondary N) is 2. The molecule has 116 valence electrons. The summed E-state index contributed by atoms with van der Waals surface area (Å²) in [6.45, 7) is 8.23. The van der Waals surface area contributed by atoms with Gasteiger partial charge in [0.05, 0.1) is 0 Å². The van der Waals surface area contributed by atoms with Gasteiger partial charge in [0.15, 0.2) is 0 Å². The van der Waals surface area contributed by atoms with Crippen LogP contribution in [0.3, 0.4) is 0 Å². The van der Waals surface area contributed by atoms with Crippen molar-refractivity contribution < 1.29 is 4.79 Å². The number of hydrogen-bond acceptors (Lipinski definition) is 2. The molecule has 1 unspecified atom stereocenters. The van der Waals surface area contributed by atoms with Gasteiger partial charge in [0.1, 0.15) is 0 Å². The van der Waals surface area contributed by atoms with Crippen LogP contribution in [0.5, 0.6) is 0 Å². The third-order valence-corrected chi connectivity index (χ3v) is 4.62. The van der Waals surface area contributed by atoms with Crippen molar-refractivity contribution in [3.05, 3.63) is 35.4 Å². The highest BCUT2D eigenvalue weighted by atomic mass is 16.1. The number of benzene rings is 1. The van der Waals surface area contributed by atoms with E-state index >= 15 is 0 Å². The Labute approximate surface area is 128 Å². The first kappa shape index (κ1) is 16.0. The zero-order chi connectivity index (χ0) is 15.3. The Morgan fingerprint density at radius 2 is 1.90 bits per heavy atom. The summed E-state index contributed by atoms with van der Waals surface area (Å²) < 4.78 is 0. The van der Waals surface area contributed by atoms with Gasteiger partial charge >= 0.3 is 0 Å². The van der Waals surface area contributed by atoms with Gasteiger partial charge in [-0.2, -0.15) is 0 Å². The Hall–Kier alpha value is -1.35. The third-order valence-electron chi connectivity index (χ3n) is 4.62. The first-order chi connectivity index (χ1) is 9.99. The predicted molar refractivity (Wildman–Crippen MR) is 87.6 cm³/mol. The molecule has 2 rings (SSSR count). The fourth-order valence-electron chi connectivity index (χ4n) is 3.10. The number of hydrogen-bond donors (Lipinski definition) is 2. The molecule has 2 N–H and O–H groups in total. The Balaban J connectivity index is 1.72. The molecule has 1 aliphatic carbocycles. The zero-order valence-electron chi connectivity index (χ0n) is 13.5. The number of carbonyl (C=O) groups excluding carboxylic acids is 1. The van der Waals surface area contributed by atoms with Crippen molar-refractivity contribution in [3.8, 4) is 0 Å². The molecule has 0 radical (unpaired) electrons. The maximum absolute atomic E-state index is 12.0. The van der Waals surface area contributed by atoms with E-state index in [9.17, 15) is 4.79 Å². The maximum Gasteiger partial charge on any atom is 0.251 e. The second-order valence-electron chi connectivity index (χ2n) is 6.86. The van der Waals surface area contributed by atoms with Gasteiger partial charge in [0, 0.05) is 24.7 Å². The molecule has 3 heteroatoms. The quantitative estimate of drug-likeness (QED) is 0.816. The van der Waals surface area contributed by atoms with Crippen molar-refractivity contribution in [3.63, 3.8) is 0 Å². The molecular formula is C18H28N2O. The van der Waals surface area contributed by atoms with Crippen molar-refractivity contribution in [2.45, 2.75) is 52.5 Å². The van der Waals surface area contributed by atoms with Crippen LogP contribution < -0.4 is 10.6 Å². The van der Waals surface area contributed by atoms with Crippen molar-refractivity contribution in [1.82, 2.24) is 10.6 Å². The largest absolute Gasteiger partial charge is 0.351 e. The molecule has 0 spiro atoms. The number of rotatable bonds is 5. The van der Waals surface area contributed by atoms with Crippen LogP contribution in [-0.4, -0.2) is 25.0 Å². The summed E-state index contributed by atoms with van der Waals surface area (Å²) >= 11 is 0. The van der Waals surface area contributed by atoms with Crippen LogP contribution in [0.25, 0.3) is 0 Å². The van der Waals surface area contributed by atoms with Gasteiger partial charge in [-0.05, 0) is 37.3 Å². The SMILES string of the molecule is Cc1ccc(C(=O)NCCNC2CCCCC2(C)C)cc1. The van der Waals surface area contributed by atoms with Gasteiger partial charge in [0.2, 0.25) is 0 Å². The van der Waals surface area contributed by atoms with Crippen LogP contribution in [0.1, 0.15) is 55.5 Å². The fourth-order valence-corrected chi connectivity index (χ4v) is 3.10. The van der Waals surface area contributed by atoms with Crippen molar-refractivity contribution in [2.24, 2.45) is 5.41 Å². The minimum Gasteiger partial charge on any atom is -0.351 e. The smallest absolute Gasteiger partial charge is 0.251 e. The third kappa shape index (κ3) is 4.57. The number of aryl methyl sites for hydroxylation is 1. The lowest BCUT2D eigenvalue weighted by Gasteiger charge is -2.39. The Morgan fingerprint density at radius 3 is 2.57 bits per heavy atom. The van der Waals surface area contributed by atoms with Crippen molar-refractivity contribution in [2.75, 3.05) is 13.1 Å². The Kier molecular flexibility index (Phi) is 5.40. The minimum absolute atomic E-state index is 0.0136. The minimum atomic E-state index is 0.0136. The lowest BCUT2D eigenvalue weighted by Crippen LogP contribution is -2.46. The summed E-state index contributed by atoms with van der Waals surface area (Å²) in [6, 6.07) is 8.27. The second-order valence-corrected chi connectivity index (χ2v) is 6.86. The standard InChI is InChI=1S/C18H28N2O/c1-14-7-9-15(10-8-14)17(21)20-13-12-19-16-6-4-5-11-18(16,2)3/h7-10,16,19H,4-6,11-13H2,1-3H3,(H,20,21). The normalized spacial score (nSPS) is 21.0. The molecule has 0 aliphatic heterocycles. The first-order valence-electron chi connectivity index (χ1n) is 8.07. The second kappa shape index (κ2) is 7.08. The lowest BCUT2D eigenvalue weighted by atomic mass is 9.73. The number of carbonyl (C=O) groups is 1. The molecule has 1 aliphatic rings. The van der Waals surface area contributed by atoms with E-state index in [-0.39, 0.29) is 5.91 Å². The molecule has 1 amide bonds. The van der Waals surface area contributed by atoms with E-state index < -0.39 is 0 Å². The topological polar surface area (TPSA) is 41.1 Å². The summed E-state index contributed by atoms with van der Waals surface area (Å²) in [4.78, 5) is 12.0. The van der Waals surface area contributed by atoms with E-state index in [0.29, 0.717) is 18.0 Å². The molecule has 1 aromatic carbocycles. The van der Waals surface area contributed by atoms with Gasteiger partial charge in [-0.15, -0.1) is 0 Å². The molecule has 3 nitrogen and oxygen atoms in total. The Morgan fingerprint density at radius 1 is 1.19 bits per heavy atom. The summed E-state index contributed by atoms with van der Waals surface area (Å²) in [6.07, 6.45) is 5.20. The van der Waals surface area contributed by atoms with Gasteiger partial charge in [-0.25, -0.2) is 0 Å². The summed E-state index contributed by atoms with van der Waals surface area (Å²) in [5, 5.41) is 6.60. The van der Waals surface area contributed by atoms with E-state index in [4.69, 9.17) is 0 Å². The summed E-state index contributed by atoms with van der Waals surface area (Å²) in [7, 11) is 0. The Bertz CT molecular complexity index is 465. The molecule has 0 bridgehead atoms. The zero-order valence-corrected chi connectivity index (χ0v) is 13.5. The maximum atomic E-state index is 12.0. The van der Waals surface area contributed by atoms with Crippen LogP contribution in [-0.2, 0) is 0 Å². The summed E-state index contributed by atoms with van der Waals surface area (Å²) in [5.74, 6) is 0.0136. The lowest BCUT2D eigenvalue weighted by molar-refractivity contribution is 0.0951. The molecule has 1 saturated carbocycles. The molecule has 1 aromatic rings. The average molecular weight is 288 g/mol. The van der Waals surface area contributed by atoms with E-state index in [1.165, 1.54) is 31.2 Å². The molecule has 1 fully saturated rings. The average Bonchev–Trinajstić information content (AvgIpc) is 2.45. The molecule has 0 aromatic heterocycles. The molecule has 0 saturated heterocycles. The predicted octanol–water partition coefficient (Wildman–Crippen LogP) is 3.28. The van der Waals surface area contributed by atoms with Crippen molar-refractivity contribution in [1.29, 1.82) is 0 Å². The van der Waals surface area contributed by atoms with Gasteiger partial charge in [0.25, 0.3) is 5.91 Å². The number of amides is 1. The van der Waals surface area contributed by atoms with E-state index in [0.717, 1.165) is 12.1 Å². The summed E-state index contributed by atoms with van der Waals surface area (Å²) in [5.41, 5.74) is 2.28. The molecular weight excluding hydrogens is 260 g/mol.